The van der Waals surface area contributed by atoms with Gasteiger partial charge in [-0.25, -0.2) is 11.3 Å². The fourth-order valence-electron chi connectivity index (χ4n) is 4.86. The van der Waals surface area contributed by atoms with Crippen LogP contribution in [-0.4, -0.2) is 27.4 Å². The second kappa shape index (κ2) is 11.2. The predicted octanol–water partition coefficient (Wildman–Crippen LogP) is 6.19. The van der Waals surface area contributed by atoms with Crippen molar-refractivity contribution >= 4 is 21.4 Å². The number of aliphatic hydroxyl groups excluding tert-OH is 2. The molecule has 0 aliphatic heterocycles. The van der Waals surface area contributed by atoms with E-state index in [1.165, 1.54) is 28.5 Å². The van der Waals surface area contributed by atoms with Gasteiger partial charge in [-0.3, -0.25) is 0 Å². The number of nitrogens with zero attached hydrogens (tertiary/aromatic N) is 1. The van der Waals surface area contributed by atoms with E-state index in [4.69, 9.17) is 0 Å². The summed E-state index contributed by atoms with van der Waals surface area (Å²) < 4.78 is 1.27. The summed E-state index contributed by atoms with van der Waals surface area (Å²) >= 11 is 1.75. The molecule has 3 aromatic rings. The molecule has 2 aromatic heterocycles. The van der Waals surface area contributed by atoms with E-state index in [9.17, 15) is 10.2 Å². The number of fused-ring (bicyclic) bond motifs is 2. The second-order valence-electron chi connectivity index (χ2n) is 9.02. The Labute approximate surface area is 203 Å². The van der Waals surface area contributed by atoms with E-state index in [0.29, 0.717) is 11.8 Å². The van der Waals surface area contributed by atoms with Crippen LogP contribution >= 0.6 is 11.3 Å². The molecule has 2 saturated carbocycles. The zero-order valence-electron chi connectivity index (χ0n) is 18.3. The minimum absolute atomic E-state index is 0. The van der Waals surface area contributed by atoms with Gasteiger partial charge in [-0.1, -0.05) is 51.0 Å². The molecule has 4 unspecified atom stereocenters. The van der Waals surface area contributed by atoms with Crippen molar-refractivity contribution in [3.8, 4) is 10.6 Å². The molecule has 2 aliphatic rings. The van der Waals surface area contributed by atoms with Crippen LogP contribution < -0.4 is 0 Å². The number of aromatic nitrogens is 1. The Morgan fingerprint density at radius 2 is 1.71 bits per heavy atom. The molecule has 31 heavy (non-hydrogen) atoms. The van der Waals surface area contributed by atoms with Crippen LogP contribution in [0.1, 0.15) is 63.9 Å². The van der Waals surface area contributed by atoms with Gasteiger partial charge in [0.25, 0.3) is 0 Å². The number of thiophene rings is 1. The van der Waals surface area contributed by atoms with Crippen LogP contribution in [0.4, 0.5) is 0 Å². The summed E-state index contributed by atoms with van der Waals surface area (Å²) in [6, 6.07) is 16.0. The molecular formula is C26H32IrNO2S-. The summed E-state index contributed by atoms with van der Waals surface area (Å²) in [6.07, 6.45) is 8.06. The molecule has 2 fully saturated rings. The van der Waals surface area contributed by atoms with E-state index in [-0.39, 0.29) is 38.2 Å². The molecule has 0 saturated heterocycles. The van der Waals surface area contributed by atoms with E-state index in [1.54, 1.807) is 11.3 Å². The van der Waals surface area contributed by atoms with Gasteiger partial charge in [0.15, 0.2) is 0 Å². The van der Waals surface area contributed by atoms with Gasteiger partial charge in [-0.2, -0.15) is 0 Å². The largest absolute Gasteiger partial charge is 0.393 e. The van der Waals surface area contributed by atoms with Gasteiger partial charge in [0.05, 0.1) is 12.2 Å². The van der Waals surface area contributed by atoms with E-state index >= 15 is 0 Å². The molecule has 1 radical (unpaired) electrons. The quantitative estimate of drug-likeness (QED) is 0.339. The number of aliphatic hydroxyl groups is 2. The SMILES string of the molecule is CC(C)c1ccc(-c2[c-]c3ccccc3s2)nc1.OC1CCCCC2CCC(O)C12.[Ir]. The predicted molar refractivity (Wildman–Crippen MR) is 125 cm³/mol. The molecule has 3 nitrogen and oxygen atoms in total. The number of benzene rings is 1. The Bertz CT molecular complexity index is 922. The van der Waals surface area contributed by atoms with Crippen LogP contribution in [0.5, 0.6) is 0 Å². The zero-order valence-corrected chi connectivity index (χ0v) is 21.5. The molecule has 169 valence electrons. The molecule has 2 aliphatic carbocycles. The van der Waals surface area contributed by atoms with Gasteiger partial charge < -0.3 is 15.2 Å². The first-order chi connectivity index (χ1) is 14.5. The average molecular weight is 615 g/mol. The fourth-order valence-corrected chi connectivity index (χ4v) is 5.84. The topological polar surface area (TPSA) is 53.4 Å². The first-order valence-electron chi connectivity index (χ1n) is 11.3. The molecule has 1 aromatic carbocycles. The van der Waals surface area contributed by atoms with E-state index in [0.717, 1.165) is 36.3 Å². The first kappa shape index (κ1) is 24.5. The molecule has 5 heteroatoms. The van der Waals surface area contributed by atoms with Crippen molar-refractivity contribution < 1.29 is 30.3 Å². The van der Waals surface area contributed by atoms with Crippen molar-refractivity contribution in [1.82, 2.24) is 4.98 Å². The Morgan fingerprint density at radius 1 is 0.968 bits per heavy atom. The van der Waals surface area contributed by atoms with E-state index in [1.807, 2.05) is 12.3 Å². The Hall–Kier alpha value is -1.10. The molecule has 4 atom stereocenters. The summed E-state index contributed by atoms with van der Waals surface area (Å²) in [7, 11) is 0. The van der Waals surface area contributed by atoms with Crippen molar-refractivity contribution in [2.75, 3.05) is 0 Å². The summed E-state index contributed by atoms with van der Waals surface area (Å²) in [4.78, 5) is 5.66. The number of hydrogen-bond acceptors (Lipinski definition) is 4. The summed E-state index contributed by atoms with van der Waals surface area (Å²) in [6.45, 7) is 4.37. The first-order valence-corrected chi connectivity index (χ1v) is 12.1. The average Bonchev–Trinajstić information content (AvgIpc) is 3.29. The molecule has 0 bridgehead atoms. The normalized spacial score (nSPS) is 25.3. The molecular weight excluding hydrogens is 583 g/mol. The van der Waals surface area contributed by atoms with Gasteiger partial charge >= 0.3 is 0 Å². The van der Waals surface area contributed by atoms with E-state index < -0.39 is 0 Å². The smallest absolute Gasteiger partial charge is 0.0595 e. The standard InChI is InChI=1S/C16H14NS.C10H18O2.Ir/c1-11(2)13-7-8-14(17-10-13)16-9-12-5-3-4-6-15(12)18-16;11-8-4-2-1-3-7-5-6-9(12)10(7)8;/h3-8,10-11H,1-2H3;7-12H,1-6H2;/q-1;;. The van der Waals surface area contributed by atoms with Gasteiger partial charge in [0.2, 0.25) is 0 Å². The van der Waals surface area contributed by atoms with Crippen molar-refractivity contribution in [2.24, 2.45) is 11.8 Å². The Morgan fingerprint density at radius 3 is 2.42 bits per heavy atom. The van der Waals surface area contributed by atoms with Crippen LogP contribution in [0.15, 0.2) is 42.6 Å². The van der Waals surface area contributed by atoms with Gasteiger partial charge in [0.1, 0.15) is 0 Å². The van der Waals surface area contributed by atoms with Crippen LogP contribution in [0.2, 0.25) is 0 Å². The summed E-state index contributed by atoms with van der Waals surface area (Å²) in [5.41, 5.74) is 2.29. The van der Waals surface area contributed by atoms with Crippen molar-refractivity contribution in [1.29, 1.82) is 0 Å². The Balaban J connectivity index is 0.000000183. The number of rotatable bonds is 2. The molecule has 5 rings (SSSR count). The Kier molecular flexibility index (Phi) is 8.83. The minimum Gasteiger partial charge on any atom is -0.393 e. The van der Waals surface area contributed by atoms with Crippen LogP contribution in [0.25, 0.3) is 20.7 Å². The van der Waals surface area contributed by atoms with Crippen LogP contribution in [0, 0.1) is 17.9 Å². The van der Waals surface area contributed by atoms with Gasteiger partial charge in [-0.15, -0.1) is 23.6 Å². The molecule has 0 spiro atoms. The molecule has 0 amide bonds. The summed E-state index contributed by atoms with van der Waals surface area (Å²) in [5.74, 6) is 1.34. The van der Waals surface area contributed by atoms with Crippen LogP contribution in [-0.2, 0) is 20.1 Å². The van der Waals surface area contributed by atoms with Crippen molar-refractivity contribution in [2.45, 2.75) is 70.5 Å². The van der Waals surface area contributed by atoms with Gasteiger partial charge in [0, 0.05) is 37.9 Å². The van der Waals surface area contributed by atoms with E-state index in [2.05, 4.69) is 55.2 Å². The van der Waals surface area contributed by atoms with Gasteiger partial charge in [-0.05, 0) is 52.7 Å². The minimum atomic E-state index is -0.227. The third kappa shape index (κ3) is 5.83. The number of hydrogen-bond donors (Lipinski definition) is 2. The fraction of sp³-hybridized carbons (Fsp3) is 0.500. The van der Waals surface area contributed by atoms with Crippen molar-refractivity contribution in [3.63, 3.8) is 0 Å². The van der Waals surface area contributed by atoms with Crippen molar-refractivity contribution in [3.05, 3.63) is 54.2 Å². The maximum Gasteiger partial charge on any atom is 0.0595 e. The maximum absolute atomic E-state index is 9.77. The van der Waals surface area contributed by atoms with Crippen LogP contribution in [0.3, 0.4) is 0 Å². The second-order valence-corrected chi connectivity index (χ2v) is 10.1. The number of pyridine rings is 1. The monoisotopic (exact) mass is 615 g/mol. The maximum atomic E-state index is 9.77. The summed E-state index contributed by atoms with van der Waals surface area (Å²) in [5, 5.41) is 20.6. The zero-order chi connectivity index (χ0) is 21.1. The molecule has 2 heterocycles. The third-order valence-electron chi connectivity index (χ3n) is 6.62. The molecule has 2 N–H and O–H groups in total. The third-order valence-corrected chi connectivity index (χ3v) is 7.72.